The topological polar surface area (TPSA) is 34.1 Å². The molecule has 146 valence electrons. The molecule has 27 heavy (non-hydrogen) atoms. The van der Waals surface area contributed by atoms with Crippen molar-refractivity contribution in [3.63, 3.8) is 0 Å². The molecule has 3 heteroatoms. The molecule has 0 saturated carbocycles. The number of ketones is 1. The molecule has 0 spiro atoms. The second kappa shape index (κ2) is 9.45. The van der Waals surface area contributed by atoms with Crippen molar-refractivity contribution in [2.45, 2.75) is 70.6 Å². The van der Waals surface area contributed by atoms with Gasteiger partial charge in [0, 0.05) is 22.6 Å². The fourth-order valence-corrected chi connectivity index (χ4v) is 4.90. The fraction of sp³-hybridized carbons (Fsp3) is 0.458. The van der Waals surface area contributed by atoms with Gasteiger partial charge in [-0.05, 0) is 34.4 Å². The van der Waals surface area contributed by atoms with Crippen LogP contribution in [0.15, 0.2) is 47.4 Å². The summed E-state index contributed by atoms with van der Waals surface area (Å²) in [4.78, 5) is 13.4. The molecule has 2 rings (SSSR count). The summed E-state index contributed by atoms with van der Waals surface area (Å²) < 4.78 is 13.3. The Kier molecular flexibility index (Phi) is 7.55. The van der Waals surface area contributed by atoms with Crippen LogP contribution in [-0.4, -0.2) is 15.7 Å². The molecule has 2 nitrogen and oxygen atoms in total. The van der Waals surface area contributed by atoms with Gasteiger partial charge in [0.1, 0.15) is 0 Å². The van der Waals surface area contributed by atoms with Gasteiger partial charge in [0.25, 0.3) is 0 Å². The number of benzene rings is 2. The Balaban J connectivity index is 2.34. The van der Waals surface area contributed by atoms with Crippen molar-refractivity contribution in [1.29, 1.82) is 0 Å². The van der Waals surface area contributed by atoms with Crippen molar-refractivity contribution in [2.24, 2.45) is 0 Å². The van der Waals surface area contributed by atoms with Crippen molar-refractivity contribution < 1.29 is 9.00 Å². The maximum absolute atomic E-state index is 13.3. The normalized spacial score (nSPS) is 12.8. The van der Waals surface area contributed by atoms with E-state index in [0.717, 1.165) is 16.0 Å². The van der Waals surface area contributed by atoms with Gasteiger partial charge >= 0.3 is 0 Å². The van der Waals surface area contributed by atoms with Crippen LogP contribution in [0, 0.1) is 0 Å². The minimum atomic E-state index is -1.18. The number of carbonyl (C=O) groups is 1. The molecule has 0 saturated heterocycles. The highest BCUT2D eigenvalue weighted by molar-refractivity contribution is 7.85. The molecule has 0 aliphatic carbocycles. The number of hydrogen-bond acceptors (Lipinski definition) is 2. The van der Waals surface area contributed by atoms with E-state index in [2.05, 4.69) is 53.7 Å². The van der Waals surface area contributed by atoms with Gasteiger partial charge in [0.05, 0.1) is 10.8 Å². The van der Waals surface area contributed by atoms with Crippen LogP contribution in [-0.2, 0) is 10.8 Å². The van der Waals surface area contributed by atoms with E-state index >= 15 is 0 Å². The van der Waals surface area contributed by atoms with Gasteiger partial charge in [-0.3, -0.25) is 9.00 Å². The molecular weight excluding hydrogens is 352 g/mol. The van der Waals surface area contributed by atoms with Crippen molar-refractivity contribution in [3.05, 3.63) is 64.7 Å². The quantitative estimate of drug-likeness (QED) is 0.491. The minimum Gasteiger partial charge on any atom is -0.294 e. The molecule has 0 heterocycles. The maximum atomic E-state index is 13.3. The summed E-state index contributed by atoms with van der Waals surface area (Å²) in [7, 11) is -1.18. The van der Waals surface area contributed by atoms with E-state index in [-0.39, 0.29) is 5.78 Å². The highest BCUT2D eigenvalue weighted by Crippen LogP contribution is 2.34. The van der Waals surface area contributed by atoms with Crippen molar-refractivity contribution >= 4 is 16.6 Å². The van der Waals surface area contributed by atoms with Gasteiger partial charge in [-0.1, -0.05) is 84.0 Å². The minimum absolute atomic E-state index is 0.0555. The highest BCUT2D eigenvalue weighted by atomic mass is 32.2. The Hall–Kier alpha value is -1.74. The molecule has 0 fully saturated rings. The van der Waals surface area contributed by atoms with Crippen LogP contribution >= 0.6 is 0 Å². The second-order valence-electron chi connectivity index (χ2n) is 8.08. The predicted octanol–water partition coefficient (Wildman–Crippen LogP) is 6.44. The molecule has 0 amide bonds. The average Bonchev–Trinajstić information content (AvgIpc) is 2.65. The van der Waals surface area contributed by atoms with Crippen molar-refractivity contribution in [2.75, 3.05) is 5.75 Å². The Labute approximate surface area is 166 Å². The molecular formula is C24H32O2S. The lowest BCUT2D eigenvalue weighted by Crippen LogP contribution is -2.12. The van der Waals surface area contributed by atoms with Gasteiger partial charge < -0.3 is 0 Å². The van der Waals surface area contributed by atoms with Gasteiger partial charge in [-0.2, -0.15) is 0 Å². The van der Waals surface area contributed by atoms with E-state index in [4.69, 9.17) is 0 Å². The number of Topliss-reactive ketones (excluding diaryl/α,β-unsaturated/α-hetero) is 1. The first kappa shape index (κ1) is 21.6. The van der Waals surface area contributed by atoms with Crippen LogP contribution in [0.4, 0.5) is 0 Å². The van der Waals surface area contributed by atoms with E-state index < -0.39 is 10.8 Å². The summed E-state index contributed by atoms with van der Waals surface area (Å²) in [6.07, 6.45) is 0.303. The Bertz CT molecular complexity index is 775. The largest absolute Gasteiger partial charge is 0.294 e. The number of hydrogen-bond donors (Lipinski definition) is 0. The molecule has 1 atom stereocenters. The van der Waals surface area contributed by atoms with Gasteiger partial charge in [0.2, 0.25) is 0 Å². The van der Waals surface area contributed by atoms with Gasteiger partial charge in [-0.15, -0.1) is 0 Å². The molecule has 0 aromatic heterocycles. The molecule has 0 aliphatic rings. The molecule has 0 aliphatic heterocycles. The Morgan fingerprint density at radius 1 is 0.852 bits per heavy atom. The Morgan fingerprint density at radius 3 is 1.81 bits per heavy atom. The molecule has 2 aromatic rings. The van der Waals surface area contributed by atoms with Crippen molar-refractivity contribution in [1.82, 2.24) is 0 Å². The molecule has 2 aromatic carbocycles. The first-order chi connectivity index (χ1) is 12.7. The monoisotopic (exact) mass is 384 g/mol. The summed E-state index contributed by atoms with van der Waals surface area (Å²) in [6.45, 7) is 13.0. The first-order valence-corrected chi connectivity index (χ1v) is 11.2. The van der Waals surface area contributed by atoms with Gasteiger partial charge in [0.15, 0.2) is 5.78 Å². The van der Waals surface area contributed by atoms with Crippen molar-refractivity contribution in [3.8, 4) is 0 Å². The van der Waals surface area contributed by atoms with E-state index in [0.29, 0.717) is 35.5 Å². The van der Waals surface area contributed by atoms with Crippen LogP contribution < -0.4 is 0 Å². The predicted molar refractivity (Wildman–Crippen MR) is 115 cm³/mol. The molecule has 0 radical (unpaired) electrons. The summed E-state index contributed by atoms with van der Waals surface area (Å²) in [6, 6.07) is 13.7. The smallest absolute Gasteiger partial charge is 0.163 e. The molecule has 0 N–H and O–H groups in total. The molecule has 0 bridgehead atoms. The summed E-state index contributed by atoms with van der Waals surface area (Å²) in [5.74, 6) is 1.45. The average molecular weight is 385 g/mol. The summed E-state index contributed by atoms with van der Waals surface area (Å²) in [5, 5.41) is 0. The van der Waals surface area contributed by atoms with Crippen LogP contribution in [0.3, 0.4) is 0 Å². The van der Waals surface area contributed by atoms with E-state index in [1.54, 1.807) is 0 Å². The third kappa shape index (κ3) is 5.38. The summed E-state index contributed by atoms with van der Waals surface area (Å²) in [5.41, 5.74) is 4.31. The molecule has 1 unspecified atom stereocenters. The number of carbonyl (C=O) groups excluding carboxylic acids is 1. The lowest BCUT2D eigenvalue weighted by Gasteiger charge is -2.22. The maximum Gasteiger partial charge on any atom is 0.163 e. The second-order valence-corrected chi connectivity index (χ2v) is 9.59. The van der Waals surface area contributed by atoms with Crippen LogP contribution in [0.1, 0.15) is 92.8 Å². The third-order valence-corrected chi connectivity index (χ3v) is 6.42. The van der Waals surface area contributed by atoms with Gasteiger partial charge in [-0.25, -0.2) is 0 Å². The number of rotatable bonds is 8. The third-order valence-electron chi connectivity index (χ3n) is 4.92. The van der Waals surface area contributed by atoms with Crippen LogP contribution in [0.2, 0.25) is 0 Å². The first-order valence-electron chi connectivity index (χ1n) is 9.86. The zero-order valence-electron chi connectivity index (χ0n) is 17.4. The zero-order chi connectivity index (χ0) is 20.1. The van der Waals surface area contributed by atoms with Crippen LogP contribution in [0.5, 0.6) is 0 Å². The van der Waals surface area contributed by atoms with E-state index in [1.165, 1.54) is 5.56 Å². The standard InChI is InChI=1S/C24H32O2S/c1-16(2)20-14-21(17(3)4)24(22(15-20)18(5)6)27(26)13-12-23(25)19-10-8-7-9-11-19/h7-11,14-18H,12-13H2,1-6H3. The van der Waals surface area contributed by atoms with Crippen LogP contribution in [0.25, 0.3) is 0 Å². The summed E-state index contributed by atoms with van der Waals surface area (Å²) >= 11 is 0. The zero-order valence-corrected chi connectivity index (χ0v) is 18.2. The fourth-order valence-electron chi connectivity index (χ4n) is 3.21. The lowest BCUT2D eigenvalue weighted by molar-refractivity contribution is 0.0989. The SMILES string of the molecule is CC(C)c1cc(C(C)C)c(S(=O)CCC(=O)c2ccccc2)c(C(C)C)c1. The van der Waals surface area contributed by atoms with E-state index in [1.807, 2.05) is 30.3 Å². The van der Waals surface area contributed by atoms with E-state index in [9.17, 15) is 9.00 Å². The lowest BCUT2D eigenvalue weighted by atomic mass is 9.89. The Morgan fingerprint density at radius 2 is 1.37 bits per heavy atom. The highest BCUT2D eigenvalue weighted by Gasteiger charge is 2.22.